The summed E-state index contributed by atoms with van der Waals surface area (Å²) in [7, 11) is 1.51. The number of rotatable bonds is 5. The summed E-state index contributed by atoms with van der Waals surface area (Å²) in [6.07, 6.45) is 0.832. The topological polar surface area (TPSA) is 133 Å². The smallest absolute Gasteiger partial charge is 0.316 e. The average molecular weight is 362 g/mol. The van der Waals surface area contributed by atoms with E-state index in [2.05, 4.69) is 5.32 Å². The molecule has 0 spiro atoms. The number of primary amides is 1. The molecular weight excluding hydrogens is 340 g/mol. The summed E-state index contributed by atoms with van der Waals surface area (Å²) in [5, 5.41) is 11.4. The molecule has 0 bridgehead atoms. The number of carboxylic acid groups (broad SMARTS) is 1. The molecule has 0 saturated carbocycles. The molecule has 1 aromatic rings. The van der Waals surface area contributed by atoms with Crippen molar-refractivity contribution < 1.29 is 24.3 Å². The lowest BCUT2D eigenvalue weighted by molar-refractivity contribution is -0.145. The van der Waals surface area contributed by atoms with Gasteiger partial charge in [-0.3, -0.25) is 14.4 Å². The van der Waals surface area contributed by atoms with Gasteiger partial charge in [0, 0.05) is 31.4 Å². The van der Waals surface area contributed by atoms with Crippen LogP contribution in [0.5, 0.6) is 0 Å². The lowest BCUT2D eigenvalue weighted by Gasteiger charge is -2.31. The van der Waals surface area contributed by atoms with Crippen LogP contribution in [0.4, 0.5) is 10.5 Å². The molecule has 0 aliphatic carbocycles. The van der Waals surface area contributed by atoms with Gasteiger partial charge in [-0.2, -0.15) is 0 Å². The van der Waals surface area contributed by atoms with Crippen LogP contribution in [0.1, 0.15) is 23.2 Å². The molecule has 9 heteroatoms. The fraction of sp³-hybridized carbons (Fsp3) is 0.412. The van der Waals surface area contributed by atoms with Gasteiger partial charge in [0.2, 0.25) is 5.91 Å². The maximum Gasteiger partial charge on any atom is 0.316 e. The monoisotopic (exact) mass is 362 g/mol. The highest BCUT2D eigenvalue weighted by Gasteiger charge is 2.28. The van der Waals surface area contributed by atoms with E-state index in [0.29, 0.717) is 37.2 Å². The van der Waals surface area contributed by atoms with Crippen molar-refractivity contribution in [3.8, 4) is 0 Å². The van der Waals surface area contributed by atoms with Gasteiger partial charge in [-0.1, -0.05) is 6.07 Å². The number of amides is 4. The Labute approximate surface area is 150 Å². The fourth-order valence-corrected chi connectivity index (χ4v) is 2.84. The van der Waals surface area contributed by atoms with E-state index in [9.17, 15) is 19.2 Å². The third-order valence-electron chi connectivity index (χ3n) is 4.29. The van der Waals surface area contributed by atoms with Crippen molar-refractivity contribution in [2.75, 3.05) is 32.0 Å². The van der Waals surface area contributed by atoms with Gasteiger partial charge in [0.1, 0.15) is 0 Å². The van der Waals surface area contributed by atoms with E-state index in [1.807, 2.05) is 0 Å². The molecule has 1 aromatic carbocycles. The molecule has 9 nitrogen and oxygen atoms in total. The minimum Gasteiger partial charge on any atom is -0.481 e. The van der Waals surface area contributed by atoms with Crippen LogP contribution in [0.3, 0.4) is 0 Å². The number of piperidine rings is 1. The number of carbonyl (C=O) groups is 4. The van der Waals surface area contributed by atoms with E-state index >= 15 is 0 Å². The third kappa shape index (κ3) is 4.95. The number of nitrogens with one attached hydrogen (secondary N) is 1. The van der Waals surface area contributed by atoms with E-state index in [0.717, 1.165) is 0 Å². The summed E-state index contributed by atoms with van der Waals surface area (Å²) in [6.45, 7) is 0.635. The summed E-state index contributed by atoms with van der Waals surface area (Å²) in [5.74, 6) is -1.85. The summed E-state index contributed by atoms with van der Waals surface area (Å²) in [5.41, 5.74) is 5.76. The summed E-state index contributed by atoms with van der Waals surface area (Å²) in [4.78, 5) is 49.5. The first kappa shape index (κ1) is 19.2. The number of hydrogen-bond acceptors (Lipinski definition) is 4. The summed E-state index contributed by atoms with van der Waals surface area (Å²) in [6, 6.07) is 5.52. The first-order chi connectivity index (χ1) is 12.3. The van der Waals surface area contributed by atoms with E-state index < -0.39 is 17.9 Å². The van der Waals surface area contributed by atoms with Crippen LogP contribution in [0.15, 0.2) is 24.3 Å². The molecule has 0 unspecified atom stereocenters. The number of anilines is 1. The van der Waals surface area contributed by atoms with Crippen LogP contribution in [0, 0.1) is 5.92 Å². The zero-order chi connectivity index (χ0) is 19.3. The molecule has 2 rings (SSSR count). The highest BCUT2D eigenvalue weighted by Crippen LogP contribution is 2.18. The van der Waals surface area contributed by atoms with Gasteiger partial charge in [-0.05, 0) is 31.0 Å². The van der Waals surface area contributed by atoms with E-state index in [1.165, 1.54) is 18.0 Å². The van der Waals surface area contributed by atoms with Crippen molar-refractivity contribution in [3.05, 3.63) is 29.8 Å². The van der Waals surface area contributed by atoms with Crippen molar-refractivity contribution >= 4 is 29.5 Å². The van der Waals surface area contributed by atoms with Crippen molar-refractivity contribution in [2.24, 2.45) is 11.7 Å². The van der Waals surface area contributed by atoms with Crippen molar-refractivity contribution in [2.45, 2.75) is 12.8 Å². The first-order valence-corrected chi connectivity index (χ1v) is 8.20. The molecule has 1 saturated heterocycles. The normalized spacial score (nSPS) is 14.6. The summed E-state index contributed by atoms with van der Waals surface area (Å²) < 4.78 is 0. The Balaban J connectivity index is 1.93. The number of aliphatic carboxylic acids is 1. The van der Waals surface area contributed by atoms with Gasteiger partial charge in [-0.15, -0.1) is 0 Å². The van der Waals surface area contributed by atoms with Crippen LogP contribution in [0.2, 0.25) is 0 Å². The molecule has 4 N–H and O–H groups in total. The molecule has 0 radical (unpaired) electrons. The quantitative estimate of drug-likeness (QED) is 0.704. The number of nitrogens with two attached hydrogens (primary N) is 1. The Morgan fingerprint density at radius 3 is 2.50 bits per heavy atom. The molecule has 140 valence electrons. The lowest BCUT2D eigenvalue weighted by Crippen LogP contribution is -2.45. The number of likely N-dealkylation sites (N-methyl/N-ethyl adjacent to an activating group) is 1. The zero-order valence-electron chi connectivity index (χ0n) is 14.5. The van der Waals surface area contributed by atoms with Gasteiger partial charge in [0.05, 0.1) is 12.5 Å². The van der Waals surface area contributed by atoms with Crippen LogP contribution in [-0.4, -0.2) is 65.4 Å². The number of carboxylic acids is 1. The molecule has 1 aliphatic rings. The van der Waals surface area contributed by atoms with E-state index in [1.54, 1.807) is 23.1 Å². The number of urea groups is 1. The molecule has 1 heterocycles. The van der Waals surface area contributed by atoms with Gasteiger partial charge < -0.3 is 26.0 Å². The predicted octanol–water partition coefficient (Wildman–Crippen LogP) is 0.572. The van der Waals surface area contributed by atoms with Crippen molar-refractivity contribution in [1.82, 2.24) is 9.80 Å². The molecular formula is C17H22N4O5. The Hall–Kier alpha value is -3.10. The van der Waals surface area contributed by atoms with Gasteiger partial charge in [0.15, 0.2) is 0 Å². The van der Waals surface area contributed by atoms with Crippen LogP contribution in [0.25, 0.3) is 0 Å². The predicted molar refractivity (Wildman–Crippen MR) is 93.5 cm³/mol. The number of benzene rings is 1. The van der Waals surface area contributed by atoms with Crippen molar-refractivity contribution in [1.29, 1.82) is 0 Å². The SMILES string of the molecule is CN(CC(=O)N1CCC(C(=O)O)CC1)C(=O)c1cccc(NC(N)=O)c1. The minimum absolute atomic E-state index is 0.107. The third-order valence-corrected chi connectivity index (χ3v) is 4.29. The Morgan fingerprint density at radius 1 is 1.27 bits per heavy atom. The van der Waals surface area contributed by atoms with Gasteiger partial charge >= 0.3 is 12.0 Å². The van der Waals surface area contributed by atoms with Crippen LogP contribution >= 0.6 is 0 Å². The maximum atomic E-state index is 12.5. The molecule has 4 amide bonds. The standard InChI is InChI=1S/C17H22N4O5/c1-20(10-14(22)21-7-5-11(6-8-21)16(24)25)15(23)12-3-2-4-13(9-12)19-17(18)26/h2-4,9,11H,5-8,10H2,1H3,(H,24,25)(H3,18,19,26). The number of carbonyl (C=O) groups excluding carboxylic acids is 3. The fourth-order valence-electron chi connectivity index (χ4n) is 2.84. The Bertz CT molecular complexity index is 713. The highest BCUT2D eigenvalue weighted by molar-refractivity contribution is 5.98. The van der Waals surface area contributed by atoms with E-state index in [-0.39, 0.29) is 18.4 Å². The number of hydrogen-bond donors (Lipinski definition) is 3. The minimum atomic E-state index is -0.839. The maximum absolute atomic E-state index is 12.5. The van der Waals surface area contributed by atoms with E-state index in [4.69, 9.17) is 10.8 Å². The van der Waals surface area contributed by atoms with Crippen LogP contribution < -0.4 is 11.1 Å². The molecule has 26 heavy (non-hydrogen) atoms. The lowest BCUT2D eigenvalue weighted by atomic mass is 9.97. The molecule has 0 aromatic heterocycles. The molecule has 1 fully saturated rings. The van der Waals surface area contributed by atoms with Gasteiger partial charge in [-0.25, -0.2) is 4.79 Å². The molecule has 1 aliphatic heterocycles. The number of likely N-dealkylation sites (tertiary alicyclic amines) is 1. The number of nitrogens with zero attached hydrogens (tertiary/aromatic N) is 2. The second kappa shape index (κ2) is 8.32. The zero-order valence-corrected chi connectivity index (χ0v) is 14.5. The summed E-state index contributed by atoms with van der Waals surface area (Å²) >= 11 is 0. The first-order valence-electron chi connectivity index (χ1n) is 8.20. The average Bonchev–Trinajstić information content (AvgIpc) is 2.60. The second-order valence-corrected chi connectivity index (χ2v) is 6.22. The Morgan fingerprint density at radius 2 is 1.92 bits per heavy atom. The van der Waals surface area contributed by atoms with Crippen LogP contribution in [-0.2, 0) is 9.59 Å². The highest BCUT2D eigenvalue weighted by atomic mass is 16.4. The van der Waals surface area contributed by atoms with Gasteiger partial charge in [0.25, 0.3) is 5.91 Å². The largest absolute Gasteiger partial charge is 0.481 e. The second-order valence-electron chi connectivity index (χ2n) is 6.22. The molecule has 0 atom stereocenters. The Kier molecular flexibility index (Phi) is 6.16. The van der Waals surface area contributed by atoms with Crippen molar-refractivity contribution in [3.63, 3.8) is 0 Å².